The van der Waals surface area contributed by atoms with Crippen LogP contribution in [0.25, 0.3) is 0 Å². The van der Waals surface area contributed by atoms with E-state index in [-0.39, 0.29) is 17.2 Å². The lowest BCUT2D eigenvalue weighted by molar-refractivity contribution is -0.122. The van der Waals surface area contributed by atoms with E-state index in [9.17, 15) is 9.59 Å². The molecule has 0 radical (unpaired) electrons. The maximum Gasteiger partial charge on any atom is 0.266 e. The second-order valence-corrected chi connectivity index (χ2v) is 5.19. The fourth-order valence-electron chi connectivity index (χ4n) is 2.04. The van der Waals surface area contributed by atoms with E-state index in [1.807, 2.05) is 6.92 Å². The number of rotatable bonds is 6. The fraction of sp³-hybridized carbons (Fsp3) is 0.312. The number of anilines is 1. The zero-order valence-electron chi connectivity index (χ0n) is 13.3. The summed E-state index contributed by atoms with van der Waals surface area (Å²) in [6.07, 6.45) is -0.374. The van der Waals surface area contributed by atoms with E-state index >= 15 is 0 Å². The van der Waals surface area contributed by atoms with Crippen molar-refractivity contribution in [1.82, 2.24) is 5.16 Å². The zero-order valence-corrected chi connectivity index (χ0v) is 13.3. The van der Waals surface area contributed by atoms with E-state index in [1.165, 1.54) is 0 Å². The Balaban J connectivity index is 2.17. The van der Waals surface area contributed by atoms with Gasteiger partial charge in [0.25, 0.3) is 11.8 Å². The summed E-state index contributed by atoms with van der Waals surface area (Å²) in [4.78, 5) is 23.8. The molecule has 1 heterocycles. The molecule has 0 saturated carbocycles. The van der Waals surface area contributed by atoms with Crippen LogP contribution >= 0.6 is 0 Å². The summed E-state index contributed by atoms with van der Waals surface area (Å²) in [6.45, 7) is 5.39. The number of carbonyl (C=O) groups excluding carboxylic acids is 2. The second-order valence-electron chi connectivity index (χ2n) is 5.19. The van der Waals surface area contributed by atoms with Crippen LogP contribution in [-0.2, 0) is 4.79 Å². The number of nitrogens with zero attached hydrogens (tertiary/aromatic N) is 1. The standard InChI is InChI=1S/C16H19N3O4/c1-4-12(16(21)18-14-8-10(3)23-19-14)22-13-7-9(2)5-6-11(13)15(17)20/h5-8,12H,4H2,1-3H3,(H2,17,20)(H,18,19,21). The van der Waals surface area contributed by atoms with E-state index in [1.54, 1.807) is 38.1 Å². The number of benzene rings is 1. The lowest BCUT2D eigenvalue weighted by Crippen LogP contribution is -2.33. The zero-order chi connectivity index (χ0) is 17.0. The molecule has 0 aliphatic carbocycles. The van der Waals surface area contributed by atoms with Gasteiger partial charge in [0.1, 0.15) is 11.5 Å². The van der Waals surface area contributed by atoms with E-state index < -0.39 is 12.0 Å². The van der Waals surface area contributed by atoms with Crippen molar-refractivity contribution in [2.75, 3.05) is 5.32 Å². The Hall–Kier alpha value is -2.83. The molecule has 1 aromatic heterocycles. The molecule has 7 nitrogen and oxygen atoms in total. The van der Waals surface area contributed by atoms with Crippen LogP contribution in [0, 0.1) is 13.8 Å². The van der Waals surface area contributed by atoms with Gasteiger partial charge in [-0.05, 0) is 38.0 Å². The number of carbonyl (C=O) groups is 2. The maximum atomic E-state index is 12.3. The largest absolute Gasteiger partial charge is 0.480 e. The van der Waals surface area contributed by atoms with Crippen LogP contribution < -0.4 is 15.8 Å². The molecule has 3 N–H and O–H groups in total. The number of nitrogens with one attached hydrogen (secondary N) is 1. The molecule has 122 valence electrons. The number of nitrogens with two attached hydrogens (primary N) is 1. The molecule has 0 spiro atoms. The number of primary amides is 1. The van der Waals surface area contributed by atoms with Crippen molar-refractivity contribution in [3.05, 3.63) is 41.2 Å². The molecule has 1 aromatic carbocycles. The molecule has 23 heavy (non-hydrogen) atoms. The van der Waals surface area contributed by atoms with Crippen molar-refractivity contribution in [3.63, 3.8) is 0 Å². The third-order valence-corrected chi connectivity index (χ3v) is 3.21. The van der Waals surface area contributed by atoms with Gasteiger partial charge in [-0.1, -0.05) is 18.1 Å². The van der Waals surface area contributed by atoms with Gasteiger partial charge in [0, 0.05) is 6.07 Å². The monoisotopic (exact) mass is 317 g/mol. The molecule has 1 atom stereocenters. The molecular formula is C16H19N3O4. The van der Waals surface area contributed by atoms with Crippen LogP contribution in [0.1, 0.15) is 35.0 Å². The quantitative estimate of drug-likeness (QED) is 0.849. The number of hydrogen-bond donors (Lipinski definition) is 2. The minimum atomic E-state index is -0.785. The Morgan fingerprint density at radius 2 is 2.09 bits per heavy atom. The first-order valence-corrected chi connectivity index (χ1v) is 7.22. The molecule has 2 aromatic rings. The smallest absolute Gasteiger partial charge is 0.266 e. The van der Waals surface area contributed by atoms with Gasteiger partial charge in [-0.15, -0.1) is 0 Å². The van der Waals surface area contributed by atoms with Gasteiger partial charge in [-0.3, -0.25) is 9.59 Å². The van der Waals surface area contributed by atoms with Crippen LogP contribution in [0.2, 0.25) is 0 Å². The van der Waals surface area contributed by atoms with Crippen LogP contribution in [0.5, 0.6) is 5.75 Å². The molecule has 2 rings (SSSR count). The third kappa shape index (κ3) is 4.09. The van der Waals surface area contributed by atoms with Crippen LogP contribution in [0.15, 0.2) is 28.8 Å². The Kier molecular flexibility index (Phi) is 5.00. The molecule has 0 aliphatic rings. The fourth-order valence-corrected chi connectivity index (χ4v) is 2.04. The van der Waals surface area contributed by atoms with Gasteiger partial charge in [0.2, 0.25) is 0 Å². The minimum Gasteiger partial charge on any atom is -0.480 e. The van der Waals surface area contributed by atoms with E-state index in [4.69, 9.17) is 15.0 Å². The molecule has 0 bridgehead atoms. The van der Waals surface area contributed by atoms with Crippen molar-refractivity contribution < 1.29 is 18.8 Å². The topological polar surface area (TPSA) is 107 Å². The molecule has 0 saturated heterocycles. The summed E-state index contributed by atoms with van der Waals surface area (Å²) in [5, 5.41) is 6.32. The Morgan fingerprint density at radius 3 is 2.65 bits per heavy atom. The minimum absolute atomic E-state index is 0.235. The van der Waals surface area contributed by atoms with Crippen molar-refractivity contribution in [2.24, 2.45) is 5.73 Å². The van der Waals surface area contributed by atoms with Gasteiger partial charge in [-0.25, -0.2) is 0 Å². The SMILES string of the molecule is CCC(Oc1cc(C)ccc1C(N)=O)C(=O)Nc1cc(C)on1. The van der Waals surface area contributed by atoms with Crippen molar-refractivity contribution in [1.29, 1.82) is 0 Å². The lowest BCUT2D eigenvalue weighted by Gasteiger charge is -2.18. The molecule has 2 amide bonds. The predicted octanol–water partition coefficient (Wildman–Crippen LogP) is 2.19. The normalized spacial score (nSPS) is 11.8. The average molecular weight is 317 g/mol. The number of ether oxygens (including phenoxy) is 1. The third-order valence-electron chi connectivity index (χ3n) is 3.21. The molecule has 0 aliphatic heterocycles. The number of hydrogen-bond acceptors (Lipinski definition) is 5. The maximum absolute atomic E-state index is 12.3. The molecule has 1 unspecified atom stereocenters. The van der Waals surface area contributed by atoms with Gasteiger partial charge in [0.15, 0.2) is 11.9 Å². The summed E-state index contributed by atoms with van der Waals surface area (Å²) in [5.41, 5.74) is 6.47. The summed E-state index contributed by atoms with van der Waals surface area (Å²) in [6, 6.07) is 6.62. The molecule has 7 heteroatoms. The second kappa shape index (κ2) is 6.95. The first-order valence-electron chi connectivity index (χ1n) is 7.22. The highest BCUT2D eigenvalue weighted by molar-refractivity contribution is 5.96. The predicted molar refractivity (Wildman–Crippen MR) is 84.3 cm³/mol. The van der Waals surface area contributed by atoms with Crippen molar-refractivity contribution >= 4 is 17.6 Å². The Bertz CT molecular complexity index is 724. The summed E-state index contributed by atoms with van der Waals surface area (Å²) >= 11 is 0. The Morgan fingerprint density at radius 1 is 1.35 bits per heavy atom. The van der Waals surface area contributed by atoms with Crippen LogP contribution in [0.3, 0.4) is 0 Å². The average Bonchev–Trinajstić information content (AvgIpc) is 2.89. The van der Waals surface area contributed by atoms with Gasteiger partial charge >= 0.3 is 0 Å². The van der Waals surface area contributed by atoms with Gasteiger partial charge in [0.05, 0.1) is 5.56 Å². The highest BCUT2D eigenvalue weighted by Gasteiger charge is 2.22. The Labute approximate surface area is 133 Å². The summed E-state index contributed by atoms with van der Waals surface area (Å²) in [7, 11) is 0. The highest BCUT2D eigenvalue weighted by Crippen LogP contribution is 2.22. The first kappa shape index (κ1) is 16.5. The lowest BCUT2D eigenvalue weighted by atomic mass is 10.1. The van der Waals surface area contributed by atoms with Crippen LogP contribution in [-0.4, -0.2) is 23.1 Å². The van der Waals surface area contributed by atoms with Crippen molar-refractivity contribution in [3.8, 4) is 5.75 Å². The molecular weight excluding hydrogens is 298 g/mol. The molecule has 0 fully saturated rings. The van der Waals surface area contributed by atoms with Gasteiger partial charge in [-0.2, -0.15) is 0 Å². The van der Waals surface area contributed by atoms with Gasteiger partial charge < -0.3 is 20.3 Å². The van der Waals surface area contributed by atoms with E-state index in [0.29, 0.717) is 18.0 Å². The van der Waals surface area contributed by atoms with Crippen molar-refractivity contribution in [2.45, 2.75) is 33.3 Å². The summed E-state index contributed by atoms with van der Waals surface area (Å²) < 4.78 is 10.6. The number of aryl methyl sites for hydroxylation is 2. The highest BCUT2D eigenvalue weighted by atomic mass is 16.5. The van der Waals surface area contributed by atoms with E-state index in [2.05, 4.69) is 10.5 Å². The first-order chi connectivity index (χ1) is 10.9. The van der Waals surface area contributed by atoms with Crippen LogP contribution in [0.4, 0.5) is 5.82 Å². The van der Waals surface area contributed by atoms with E-state index in [0.717, 1.165) is 5.56 Å². The summed E-state index contributed by atoms with van der Waals surface area (Å²) in [5.74, 6) is 0.203. The number of aromatic nitrogens is 1. The number of amides is 2.